The average molecular weight is 215 g/mol. The first-order valence-electron chi connectivity index (χ1n) is 4.75. The highest BCUT2D eigenvalue weighted by molar-refractivity contribution is 8.03. The molecule has 1 aliphatic rings. The van der Waals surface area contributed by atoms with Crippen molar-refractivity contribution in [2.24, 2.45) is 0 Å². The Bertz CT molecular complexity index is 225. The number of amides is 1. The Hall–Kier alpha value is -0.640. The lowest BCUT2D eigenvalue weighted by Crippen LogP contribution is -2.35. The molecule has 0 saturated carbocycles. The first-order valence-corrected chi connectivity index (χ1v) is 5.69. The van der Waals surface area contributed by atoms with Gasteiger partial charge >= 0.3 is 6.09 Å². The van der Waals surface area contributed by atoms with E-state index in [2.05, 4.69) is 16.8 Å². The van der Waals surface area contributed by atoms with Crippen LogP contribution in [0.5, 0.6) is 0 Å². The van der Waals surface area contributed by atoms with Crippen molar-refractivity contribution in [3.05, 3.63) is 11.5 Å². The van der Waals surface area contributed by atoms with Gasteiger partial charge in [-0.3, -0.25) is 0 Å². The molecule has 1 amide bonds. The van der Waals surface area contributed by atoms with Gasteiger partial charge in [-0.05, 0) is 32.6 Å². The molecule has 0 aromatic carbocycles. The fourth-order valence-electron chi connectivity index (χ4n) is 1.07. The third kappa shape index (κ3) is 4.56. The topological polar surface area (TPSA) is 38.3 Å². The molecule has 0 bridgehead atoms. The first-order chi connectivity index (χ1) is 6.47. The number of hydrogen-bond donors (Lipinski definition) is 1. The van der Waals surface area contributed by atoms with Gasteiger partial charge in [-0.15, -0.1) is 11.8 Å². The Morgan fingerprint density at radius 3 is 2.86 bits per heavy atom. The highest BCUT2D eigenvalue weighted by atomic mass is 32.2. The van der Waals surface area contributed by atoms with Crippen molar-refractivity contribution in [1.29, 1.82) is 0 Å². The highest BCUT2D eigenvalue weighted by Crippen LogP contribution is 2.22. The fourth-order valence-corrected chi connectivity index (χ4v) is 1.92. The van der Waals surface area contributed by atoms with Gasteiger partial charge in [-0.25, -0.2) is 4.79 Å². The lowest BCUT2D eigenvalue weighted by molar-refractivity contribution is 0.0528. The molecule has 0 aromatic rings. The Balaban J connectivity index is 2.15. The third-order valence-corrected chi connectivity index (χ3v) is 2.73. The zero-order chi connectivity index (χ0) is 10.6. The second-order valence-electron chi connectivity index (χ2n) is 4.25. The normalized spacial score (nSPS) is 20.9. The van der Waals surface area contributed by atoms with Crippen molar-refractivity contribution in [1.82, 2.24) is 5.32 Å². The molecule has 14 heavy (non-hydrogen) atoms. The predicted molar refractivity (Wildman–Crippen MR) is 59.4 cm³/mol. The quantitative estimate of drug-likeness (QED) is 0.769. The van der Waals surface area contributed by atoms with Gasteiger partial charge in [0.2, 0.25) is 0 Å². The predicted octanol–water partition coefficient (Wildman–Crippen LogP) is 2.53. The molecule has 1 rings (SSSR count). The summed E-state index contributed by atoms with van der Waals surface area (Å²) in [4.78, 5) is 11.3. The molecule has 1 heterocycles. The molecule has 1 unspecified atom stereocenters. The minimum Gasteiger partial charge on any atom is -0.444 e. The van der Waals surface area contributed by atoms with E-state index in [1.54, 1.807) is 11.8 Å². The number of alkyl carbamates (subject to hydrolysis) is 1. The summed E-state index contributed by atoms with van der Waals surface area (Å²) in [6.07, 6.45) is 2.82. The van der Waals surface area contributed by atoms with E-state index < -0.39 is 5.60 Å². The van der Waals surface area contributed by atoms with Crippen LogP contribution >= 0.6 is 11.8 Å². The van der Waals surface area contributed by atoms with Crippen LogP contribution in [0, 0.1) is 0 Å². The Morgan fingerprint density at radius 1 is 1.64 bits per heavy atom. The molecule has 1 aliphatic heterocycles. The number of thioether (sulfide) groups is 1. The maximum atomic E-state index is 11.3. The van der Waals surface area contributed by atoms with Gasteiger partial charge in [-0.1, -0.05) is 6.08 Å². The molecule has 1 atom stereocenters. The second kappa shape index (κ2) is 4.73. The average Bonchev–Trinajstić information content (AvgIpc) is 2.49. The number of carbonyl (C=O) groups excluding carboxylic acids is 1. The van der Waals surface area contributed by atoms with Gasteiger partial charge in [0.1, 0.15) is 5.60 Å². The molecule has 4 heteroatoms. The summed E-state index contributed by atoms with van der Waals surface area (Å²) in [5, 5.41) is 5.30. The molecule has 0 fully saturated rings. The maximum absolute atomic E-state index is 11.3. The number of nitrogens with one attached hydrogen (secondary N) is 1. The van der Waals surface area contributed by atoms with Crippen molar-refractivity contribution < 1.29 is 9.53 Å². The lowest BCUT2D eigenvalue weighted by Gasteiger charge is -2.20. The van der Waals surface area contributed by atoms with Crippen molar-refractivity contribution in [2.45, 2.75) is 38.0 Å². The van der Waals surface area contributed by atoms with Crippen molar-refractivity contribution in [3.63, 3.8) is 0 Å². The van der Waals surface area contributed by atoms with Crippen molar-refractivity contribution in [2.75, 3.05) is 6.54 Å². The van der Waals surface area contributed by atoms with Crippen LogP contribution < -0.4 is 5.32 Å². The van der Waals surface area contributed by atoms with Crippen LogP contribution in [0.2, 0.25) is 0 Å². The van der Waals surface area contributed by atoms with Gasteiger partial charge < -0.3 is 10.1 Å². The van der Waals surface area contributed by atoms with E-state index in [1.165, 1.54) is 0 Å². The standard InChI is InChI=1S/C10H17NO2S/c1-10(2,3)13-9(12)11-7-8-5-4-6-14-8/h4,6,8H,5,7H2,1-3H3,(H,11,12). The van der Waals surface area contributed by atoms with E-state index in [1.807, 2.05) is 20.8 Å². The largest absolute Gasteiger partial charge is 0.444 e. The molecule has 0 radical (unpaired) electrons. The molecule has 80 valence electrons. The van der Waals surface area contributed by atoms with E-state index in [0.717, 1.165) is 6.42 Å². The van der Waals surface area contributed by atoms with Crippen LogP contribution in [-0.4, -0.2) is 23.5 Å². The van der Waals surface area contributed by atoms with Crippen LogP contribution in [0.1, 0.15) is 27.2 Å². The SMILES string of the molecule is CC(C)(C)OC(=O)NCC1CC=CS1. The van der Waals surface area contributed by atoms with Crippen LogP contribution in [0.3, 0.4) is 0 Å². The molecule has 1 N–H and O–H groups in total. The number of ether oxygens (including phenoxy) is 1. The van der Waals surface area contributed by atoms with Crippen LogP contribution in [0.4, 0.5) is 4.79 Å². The first kappa shape index (κ1) is 11.4. The molecule has 0 aliphatic carbocycles. The summed E-state index contributed by atoms with van der Waals surface area (Å²) in [5.41, 5.74) is -0.412. The summed E-state index contributed by atoms with van der Waals surface area (Å²) in [6, 6.07) is 0. The molecule has 0 spiro atoms. The lowest BCUT2D eigenvalue weighted by atomic mass is 10.2. The van der Waals surface area contributed by atoms with Crippen LogP contribution in [0.15, 0.2) is 11.5 Å². The third-order valence-electron chi connectivity index (χ3n) is 1.64. The van der Waals surface area contributed by atoms with E-state index in [9.17, 15) is 4.79 Å². The minimum atomic E-state index is -0.412. The smallest absolute Gasteiger partial charge is 0.407 e. The van der Waals surface area contributed by atoms with Crippen molar-refractivity contribution >= 4 is 17.9 Å². The molecular weight excluding hydrogens is 198 g/mol. The number of hydrogen-bond acceptors (Lipinski definition) is 3. The van der Waals surface area contributed by atoms with Gasteiger partial charge in [-0.2, -0.15) is 0 Å². The molecule has 3 nitrogen and oxygen atoms in total. The number of allylic oxidation sites excluding steroid dienone is 1. The van der Waals surface area contributed by atoms with E-state index in [4.69, 9.17) is 4.74 Å². The number of rotatable bonds is 2. The minimum absolute atomic E-state index is 0.329. The van der Waals surface area contributed by atoms with Gasteiger partial charge in [0.25, 0.3) is 0 Å². The van der Waals surface area contributed by atoms with E-state index in [-0.39, 0.29) is 6.09 Å². The highest BCUT2D eigenvalue weighted by Gasteiger charge is 2.17. The zero-order valence-electron chi connectivity index (χ0n) is 8.87. The summed E-state index contributed by atoms with van der Waals surface area (Å²) < 4.78 is 5.12. The summed E-state index contributed by atoms with van der Waals surface area (Å²) in [5.74, 6) is 0. The van der Waals surface area contributed by atoms with Gasteiger partial charge in [0.15, 0.2) is 0 Å². The Labute approximate surface area is 89.3 Å². The molecule has 0 aromatic heterocycles. The van der Waals surface area contributed by atoms with Gasteiger partial charge in [0.05, 0.1) is 0 Å². The monoisotopic (exact) mass is 215 g/mol. The van der Waals surface area contributed by atoms with E-state index in [0.29, 0.717) is 11.8 Å². The zero-order valence-corrected chi connectivity index (χ0v) is 9.69. The summed E-state index contributed by atoms with van der Waals surface area (Å²) >= 11 is 1.75. The summed E-state index contributed by atoms with van der Waals surface area (Å²) in [7, 11) is 0. The molecular formula is C10H17NO2S. The molecule has 0 saturated heterocycles. The maximum Gasteiger partial charge on any atom is 0.407 e. The Kier molecular flexibility index (Phi) is 3.86. The Morgan fingerprint density at radius 2 is 2.36 bits per heavy atom. The van der Waals surface area contributed by atoms with E-state index >= 15 is 0 Å². The summed E-state index contributed by atoms with van der Waals surface area (Å²) in [6.45, 7) is 6.25. The van der Waals surface area contributed by atoms with Crippen LogP contribution in [0.25, 0.3) is 0 Å². The van der Waals surface area contributed by atoms with Crippen molar-refractivity contribution in [3.8, 4) is 0 Å². The number of carbonyl (C=O) groups is 1. The second-order valence-corrected chi connectivity index (χ2v) is 5.46. The van der Waals surface area contributed by atoms with Crippen LogP contribution in [-0.2, 0) is 4.74 Å². The fraction of sp³-hybridized carbons (Fsp3) is 0.700. The van der Waals surface area contributed by atoms with Gasteiger partial charge in [0, 0.05) is 11.8 Å².